The average molecular weight is 404 g/mol. The van der Waals surface area contributed by atoms with Crippen molar-refractivity contribution in [3.05, 3.63) is 70.8 Å². The van der Waals surface area contributed by atoms with Gasteiger partial charge in [-0.05, 0) is 42.0 Å². The van der Waals surface area contributed by atoms with Crippen LogP contribution in [0.1, 0.15) is 48.9 Å². The molecule has 1 aliphatic carbocycles. The van der Waals surface area contributed by atoms with Crippen LogP contribution in [0, 0.1) is 11.2 Å². The number of aliphatic hydroxyl groups is 1. The van der Waals surface area contributed by atoms with E-state index >= 15 is 0 Å². The van der Waals surface area contributed by atoms with Gasteiger partial charge in [0.2, 0.25) is 0 Å². The summed E-state index contributed by atoms with van der Waals surface area (Å²) in [6.45, 7) is 4.33. The summed E-state index contributed by atoms with van der Waals surface area (Å²) in [4.78, 5) is 8.51. The average Bonchev–Trinajstić information content (AvgIpc) is 3.07. The third-order valence-electron chi connectivity index (χ3n) is 6.16. The first-order chi connectivity index (χ1) is 14.4. The van der Waals surface area contributed by atoms with Gasteiger partial charge in [0.25, 0.3) is 0 Å². The second-order valence-electron chi connectivity index (χ2n) is 9.05. The zero-order chi connectivity index (χ0) is 21.0. The van der Waals surface area contributed by atoms with E-state index in [1.807, 2.05) is 24.3 Å². The van der Waals surface area contributed by atoms with Crippen LogP contribution in [0.15, 0.2) is 42.5 Å². The van der Waals surface area contributed by atoms with Crippen molar-refractivity contribution < 1.29 is 14.2 Å². The number of hydrogen-bond donors (Lipinski definition) is 2. The van der Waals surface area contributed by atoms with Crippen LogP contribution in [0.25, 0.3) is 21.8 Å². The normalized spacial score (nSPS) is 18.0. The number of para-hydroxylation sites is 1. The summed E-state index contributed by atoms with van der Waals surface area (Å²) < 4.78 is 19.3. The Morgan fingerprint density at radius 2 is 2.03 bits per heavy atom. The molecule has 2 N–H and O–H groups in total. The molecule has 1 aliphatic rings. The summed E-state index contributed by atoms with van der Waals surface area (Å²) in [7, 11) is 1.46. The molecule has 5 heteroatoms. The quantitative estimate of drug-likeness (QED) is 0.477. The molecular formula is C25H25FN2O2. The molecule has 0 saturated carbocycles. The van der Waals surface area contributed by atoms with E-state index in [4.69, 9.17) is 9.72 Å². The molecule has 1 atom stereocenters. The van der Waals surface area contributed by atoms with Gasteiger partial charge in [0.05, 0.1) is 24.4 Å². The Bertz CT molecular complexity index is 1280. The number of benzene rings is 2. The molecule has 0 spiro atoms. The number of hydrogen-bond acceptors (Lipinski definition) is 3. The molecule has 0 radical (unpaired) electrons. The van der Waals surface area contributed by atoms with Crippen molar-refractivity contribution in [2.24, 2.45) is 5.41 Å². The van der Waals surface area contributed by atoms with Crippen LogP contribution in [0.2, 0.25) is 0 Å². The number of aromatic amines is 1. The molecular weight excluding hydrogens is 379 g/mol. The molecule has 2 aromatic carbocycles. The van der Waals surface area contributed by atoms with E-state index in [0.717, 1.165) is 50.7 Å². The summed E-state index contributed by atoms with van der Waals surface area (Å²) in [6.07, 6.45) is 1.46. The van der Waals surface area contributed by atoms with Gasteiger partial charge < -0.3 is 14.8 Å². The Balaban J connectivity index is 1.74. The largest absolute Gasteiger partial charge is 0.494 e. The molecule has 4 aromatic rings. The second-order valence-corrected chi connectivity index (χ2v) is 9.05. The molecule has 0 bridgehead atoms. The van der Waals surface area contributed by atoms with Crippen molar-refractivity contribution in [3.63, 3.8) is 0 Å². The Kier molecular flexibility index (Phi) is 4.33. The fourth-order valence-electron chi connectivity index (χ4n) is 4.85. The number of rotatable bonds is 3. The van der Waals surface area contributed by atoms with E-state index in [1.165, 1.54) is 13.2 Å². The number of pyridine rings is 1. The van der Waals surface area contributed by atoms with Gasteiger partial charge >= 0.3 is 0 Å². The predicted octanol–water partition coefficient (Wildman–Crippen LogP) is 5.46. The SMILES string of the molecule is COc1ccc(Cc2nc3c(c4c2[nH]c2ccccc24)[C@H](O)CC(C)(C)C3)cc1F. The Morgan fingerprint density at radius 3 is 2.80 bits per heavy atom. The number of halogens is 1. The van der Waals surface area contributed by atoms with Crippen LogP contribution < -0.4 is 4.74 Å². The molecule has 30 heavy (non-hydrogen) atoms. The van der Waals surface area contributed by atoms with E-state index in [1.54, 1.807) is 6.07 Å². The molecule has 5 rings (SSSR count). The number of methoxy groups -OCH3 is 1. The fraction of sp³-hybridized carbons (Fsp3) is 0.320. The number of ether oxygens (including phenoxy) is 1. The lowest BCUT2D eigenvalue weighted by molar-refractivity contribution is 0.0997. The standard InChI is InChI=1S/C25H25FN2O2/c1-25(2)12-19-23(20(29)13-25)22-15-6-4-5-7-17(15)28-24(22)18(27-19)11-14-8-9-21(30-3)16(26)10-14/h4-10,20,28-29H,11-13H2,1-3H3/t20-/m1/s1. The molecule has 154 valence electrons. The molecule has 0 fully saturated rings. The van der Waals surface area contributed by atoms with Crippen LogP contribution in [-0.4, -0.2) is 22.2 Å². The van der Waals surface area contributed by atoms with E-state index in [0.29, 0.717) is 12.8 Å². The van der Waals surface area contributed by atoms with Gasteiger partial charge in [0.1, 0.15) is 0 Å². The lowest BCUT2D eigenvalue weighted by atomic mass is 9.74. The van der Waals surface area contributed by atoms with Crippen LogP contribution >= 0.6 is 0 Å². The van der Waals surface area contributed by atoms with Crippen molar-refractivity contribution in [2.45, 2.75) is 39.2 Å². The maximum Gasteiger partial charge on any atom is 0.165 e. The van der Waals surface area contributed by atoms with Gasteiger partial charge in [-0.3, -0.25) is 4.98 Å². The summed E-state index contributed by atoms with van der Waals surface area (Å²) in [5.41, 5.74) is 5.49. The maximum absolute atomic E-state index is 14.3. The summed E-state index contributed by atoms with van der Waals surface area (Å²) in [6, 6.07) is 13.2. The number of aromatic nitrogens is 2. The highest BCUT2D eigenvalue weighted by molar-refractivity contribution is 6.10. The van der Waals surface area contributed by atoms with Crippen molar-refractivity contribution >= 4 is 21.8 Å². The minimum Gasteiger partial charge on any atom is -0.494 e. The minimum absolute atomic E-state index is 0.0251. The van der Waals surface area contributed by atoms with Crippen molar-refractivity contribution in [1.82, 2.24) is 9.97 Å². The van der Waals surface area contributed by atoms with E-state index in [9.17, 15) is 9.50 Å². The van der Waals surface area contributed by atoms with Crippen molar-refractivity contribution in [2.75, 3.05) is 7.11 Å². The van der Waals surface area contributed by atoms with Gasteiger partial charge in [0.15, 0.2) is 11.6 Å². The Morgan fingerprint density at radius 1 is 1.23 bits per heavy atom. The van der Waals surface area contributed by atoms with Crippen LogP contribution in [-0.2, 0) is 12.8 Å². The number of nitrogens with one attached hydrogen (secondary N) is 1. The van der Waals surface area contributed by atoms with Gasteiger partial charge in [-0.15, -0.1) is 0 Å². The maximum atomic E-state index is 14.3. The smallest absolute Gasteiger partial charge is 0.165 e. The third-order valence-corrected chi connectivity index (χ3v) is 6.16. The Hall–Kier alpha value is -2.92. The summed E-state index contributed by atoms with van der Waals surface area (Å²) in [5, 5.41) is 13.2. The molecule has 0 unspecified atom stereocenters. The van der Waals surface area contributed by atoms with Gasteiger partial charge in [0, 0.05) is 34.0 Å². The summed E-state index contributed by atoms with van der Waals surface area (Å²) >= 11 is 0. The molecule has 0 aliphatic heterocycles. The molecule has 2 heterocycles. The molecule has 0 amide bonds. The summed E-state index contributed by atoms with van der Waals surface area (Å²) in [5.74, 6) is -0.143. The van der Waals surface area contributed by atoms with Crippen LogP contribution in [0.4, 0.5) is 4.39 Å². The first-order valence-corrected chi connectivity index (χ1v) is 10.3. The number of nitrogens with zero attached hydrogens (tertiary/aromatic N) is 1. The highest BCUT2D eigenvalue weighted by atomic mass is 19.1. The van der Waals surface area contributed by atoms with Crippen molar-refractivity contribution in [1.29, 1.82) is 0 Å². The second kappa shape index (κ2) is 6.81. The van der Waals surface area contributed by atoms with Crippen LogP contribution in [0.3, 0.4) is 0 Å². The highest BCUT2D eigenvalue weighted by Gasteiger charge is 2.35. The third kappa shape index (κ3) is 3.05. The van der Waals surface area contributed by atoms with E-state index in [2.05, 4.69) is 24.9 Å². The number of aliphatic hydroxyl groups excluding tert-OH is 1. The lowest BCUT2D eigenvalue weighted by Crippen LogP contribution is -2.27. The topological polar surface area (TPSA) is 58.1 Å². The number of fused-ring (bicyclic) bond motifs is 5. The van der Waals surface area contributed by atoms with Crippen molar-refractivity contribution in [3.8, 4) is 5.75 Å². The predicted molar refractivity (Wildman–Crippen MR) is 116 cm³/mol. The Labute approximate surface area is 174 Å². The van der Waals surface area contributed by atoms with E-state index in [-0.39, 0.29) is 17.0 Å². The highest BCUT2D eigenvalue weighted by Crippen LogP contribution is 2.45. The molecule has 2 aromatic heterocycles. The van der Waals surface area contributed by atoms with Gasteiger partial charge in [-0.25, -0.2) is 4.39 Å². The number of H-pyrrole nitrogens is 1. The first-order valence-electron chi connectivity index (χ1n) is 10.3. The van der Waals surface area contributed by atoms with Gasteiger partial charge in [-0.1, -0.05) is 38.1 Å². The van der Waals surface area contributed by atoms with Gasteiger partial charge in [-0.2, -0.15) is 0 Å². The minimum atomic E-state index is -0.551. The fourth-order valence-corrected chi connectivity index (χ4v) is 4.85. The molecule has 0 saturated heterocycles. The first kappa shape index (κ1) is 19.1. The monoisotopic (exact) mass is 404 g/mol. The van der Waals surface area contributed by atoms with Crippen LogP contribution in [0.5, 0.6) is 5.75 Å². The lowest BCUT2D eigenvalue weighted by Gasteiger charge is -2.34. The zero-order valence-electron chi connectivity index (χ0n) is 17.4. The molecule has 4 nitrogen and oxygen atoms in total. The zero-order valence-corrected chi connectivity index (χ0v) is 17.4. The van der Waals surface area contributed by atoms with E-state index < -0.39 is 6.10 Å².